The summed E-state index contributed by atoms with van der Waals surface area (Å²) >= 11 is 0. The van der Waals surface area contributed by atoms with Crippen LogP contribution in [-0.2, 0) is 16.0 Å². The number of hydrogen-bond donors (Lipinski definition) is 1. The zero-order valence-electron chi connectivity index (χ0n) is 15.2. The van der Waals surface area contributed by atoms with Gasteiger partial charge in [-0.1, -0.05) is 30.3 Å². The number of rotatable bonds is 8. The van der Waals surface area contributed by atoms with Crippen LogP contribution in [0.2, 0.25) is 0 Å². The Morgan fingerprint density at radius 2 is 1.81 bits per heavy atom. The van der Waals surface area contributed by atoms with E-state index < -0.39 is 4.92 Å². The van der Waals surface area contributed by atoms with Crippen molar-refractivity contribution in [2.45, 2.75) is 13.3 Å². The van der Waals surface area contributed by atoms with E-state index in [2.05, 4.69) is 5.32 Å². The molecule has 2 amide bonds. The molecular formula is C19H21N3O5. The normalized spacial score (nSPS) is 10.1. The van der Waals surface area contributed by atoms with Crippen LogP contribution < -0.4 is 10.1 Å². The largest absolute Gasteiger partial charge is 0.495 e. The molecule has 0 bridgehead atoms. The summed E-state index contributed by atoms with van der Waals surface area (Å²) < 4.78 is 5.18. The smallest absolute Gasteiger partial charge is 0.273 e. The SMILES string of the molecule is CCN(CC(=O)Nc1ccccc1OC)C(=O)Cc1ccccc1[N+](=O)[O-]. The van der Waals surface area contributed by atoms with Gasteiger partial charge in [-0.05, 0) is 19.1 Å². The molecule has 0 saturated heterocycles. The van der Waals surface area contributed by atoms with Crippen molar-refractivity contribution in [3.05, 3.63) is 64.2 Å². The van der Waals surface area contributed by atoms with Crippen LogP contribution in [0, 0.1) is 10.1 Å². The zero-order chi connectivity index (χ0) is 19.8. The fourth-order valence-corrected chi connectivity index (χ4v) is 2.60. The van der Waals surface area contributed by atoms with E-state index in [9.17, 15) is 19.7 Å². The predicted octanol–water partition coefficient (Wildman–Crippen LogP) is 2.63. The number of nitro benzene ring substituents is 1. The van der Waals surface area contributed by atoms with Crippen molar-refractivity contribution in [3.8, 4) is 5.75 Å². The number of nitrogens with zero attached hydrogens (tertiary/aromatic N) is 2. The Balaban J connectivity index is 2.05. The van der Waals surface area contributed by atoms with Gasteiger partial charge in [-0.2, -0.15) is 0 Å². The maximum Gasteiger partial charge on any atom is 0.273 e. The molecular weight excluding hydrogens is 350 g/mol. The second kappa shape index (κ2) is 9.33. The van der Waals surface area contributed by atoms with Crippen molar-refractivity contribution < 1.29 is 19.2 Å². The van der Waals surface area contributed by atoms with E-state index >= 15 is 0 Å². The Bertz CT molecular complexity index is 838. The van der Waals surface area contributed by atoms with Crippen molar-refractivity contribution in [2.24, 2.45) is 0 Å². The van der Waals surface area contributed by atoms with Gasteiger partial charge in [0.2, 0.25) is 11.8 Å². The van der Waals surface area contributed by atoms with Gasteiger partial charge < -0.3 is 15.0 Å². The molecule has 0 aliphatic carbocycles. The lowest BCUT2D eigenvalue weighted by atomic mass is 10.1. The number of nitro groups is 1. The first-order valence-electron chi connectivity index (χ1n) is 8.39. The monoisotopic (exact) mass is 371 g/mol. The van der Waals surface area contributed by atoms with Crippen LogP contribution in [0.15, 0.2) is 48.5 Å². The van der Waals surface area contributed by atoms with Crippen LogP contribution in [0.4, 0.5) is 11.4 Å². The Morgan fingerprint density at radius 3 is 2.48 bits per heavy atom. The van der Waals surface area contributed by atoms with Gasteiger partial charge in [-0.25, -0.2) is 0 Å². The summed E-state index contributed by atoms with van der Waals surface area (Å²) in [6, 6.07) is 13.0. The number of nitrogens with one attached hydrogen (secondary N) is 1. The average Bonchev–Trinajstić information content (AvgIpc) is 2.66. The third-order valence-electron chi connectivity index (χ3n) is 3.98. The summed E-state index contributed by atoms with van der Waals surface area (Å²) in [5.74, 6) is -0.223. The van der Waals surface area contributed by atoms with Crippen molar-refractivity contribution >= 4 is 23.2 Å². The molecule has 2 aromatic rings. The molecule has 0 aliphatic heterocycles. The van der Waals surface area contributed by atoms with Crippen molar-refractivity contribution in [1.82, 2.24) is 4.90 Å². The summed E-state index contributed by atoms with van der Waals surface area (Å²) in [5.41, 5.74) is 0.712. The first-order chi connectivity index (χ1) is 13.0. The number of amides is 2. The maximum absolute atomic E-state index is 12.5. The van der Waals surface area contributed by atoms with E-state index in [4.69, 9.17) is 4.74 Å². The van der Waals surface area contributed by atoms with Crippen LogP contribution in [0.25, 0.3) is 0 Å². The second-order valence-electron chi connectivity index (χ2n) is 5.72. The number of likely N-dealkylation sites (N-methyl/N-ethyl adjacent to an activating group) is 1. The minimum Gasteiger partial charge on any atom is -0.495 e. The third-order valence-corrected chi connectivity index (χ3v) is 3.98. The molecule has 0 atom stereocenters. The molecule has 0 aliphatic rings. The molecule has 142 valence electrons. The van der Waals surface area contributed by atoms with Crippen LogP contribution in [-0.4, -0.2) is 41.8 Å². The first kappa shape index (κ1) is 19.9. The van der Waals surface area contributed by atoms with Crippen molar-refractivity contribution in [1.29, 1.82) is 0 Å². The Hall–Kier alpha value is -3.42. The summed E-state index contributed by atoms with van der Waals surface area (Å²) in [6.07, 6.45) is -0.146. The Labute approximate surface area is 156 Å². The van der Waals surface area contributed by atoms with E-state index in [0.29, 0.717) is 23.5 Å². The van der Waals surface area contributed by atoms with Crippen molar-refractivity contribution in [2.75, 3.05) is 25.5 Å². The Morgan fingerprint density at radius 1 is 1.15 bits per heavy atom. The van der Waals surface area contributed by atoms with Crippen LogP contribution >= 0.6 is 0 Å². The molecule has 8 nitrogen and oxygen atoms in total. The second-order valence-corrected chi connectivity index (χ2v) is 5.72. The number of carbonyl (C=O) groups excluding carboxylic acids is 2. The lowest BCUT2D eigenvalue weighted by Crippen LogP contribution is -2.38. The van der Waals surface area contributed by atoms with Gasteiger partial charge in [-0.3, -0.25) is 19.7 Å². The minimum atomic E-state index is -0.521. The number of benzene rings is 2. The van der Waals surface area contributed by atoms with E-state index in [1.807, 2.05) is 0 Å². The number of hydrogen-bond acceptors (Lipinski definition) is 5. The lowest BCUT2D eigenvalue weighted by Gasteiger charge is -2.20. The van der Waals surface area contributed by atoms with Gasteiger partial charge in [0.05, 0.1) is 30.7 Å². The minimum absolute atomic E-state index is 0.111. The molecule has 0 unspecified atom stereocenters. The standard InChI is InChI=1S/C19H21N3O5/c1-3-21(13-18(23)20-15-9-5-7-11-17(15)27-2)19(24)12-14-8-4-6-10-16(14)22(25)26/h4-11H,3,12-13H2,1-2H3,(H,20,23). The molecule has 2 rings (SSSR count). The van der Waals surface area contributed by atoms with Crippen LogP contribution in [0.3, 0.4) is 0 Å². The summed E-state index contributed by atoms with van der Waals surface area (Å²) in [4.78, 5) is 36.8. The fourth-order valence-electron chi connectivity index (χ4n) is 2.60. The third kappa shape index (κ3) is 5.27. The molecule has 0 saturated carbocycles. The Kier molecular flexibility index (Phi) is 6.87. The molecule has 2 aromatic carbocycles. The number of carbonyl (C=O) groups is 2. The van der Waals surface area contributed by atoms with E-state index in [1.54, 1.807) is 49.4 Å². The molecule has 0 aromatic heterocycles. The highest BCUT2D eigenvalue weighted by Crippen LogP contribution is 2.23. The van der Waals surface area contributed by atoms with Crippen molar-refractivity contribution in [3.63, 3.8) is 0 Å². The van der Waals surface area contributed by atoms with Gasteiger partial charge in [0.1, 0.15) is 5.75 Å². The number of anilines is 1. The molecule has 0 heterocycles. The van der Waals surface area contributed by atoms with Gasteiger partial charge in [0.15, 0.2) is 0 Å². The summed E-state index contributed by atoms with van der Waals surface area (Å²) in [5, 5.41) is 13.8. The molecule has 8 heteroatoms. The van der Waals surface area contributed by atoms with E-state index in [-0.39, 0.29) is 30.5 Å². The molecule has 0 radical (unpaired) electrons. The lowest BCUT2D eigenvalue weighted by molar-refractivity contribution is -0.385. The van der Waals surface area contributed by atoms with Gasteiger partial charge in [0, 0.05) is 18.2 Å². The fraction of sp³-hybridized carbons (Fsp3) is 0.263. The summed E-state index contributed by atoms with van der Waals surface area (Å²) in [6.45, 7) is 1.89. The average molecular weight is 371 g/mol. The first-order valence-corrected chi connectivity index (χ1v) is 8.39. The van der Waals surface area contributed by atoms with Crippen LogP contribution in [0.1, 0.15) is 12.5 Å². The highest BCUT2D eigenvalue weighted by molar-refractivity contribution is 5.96. The highest BCUT2D eigenvalue weighted by atomic mass is 16.6. The molecule has 1 N–H and O–H groups in total. The van der Waals surface area contributed by atoms with Crippen LogP contribution in [0.5, 0.6) is 5.75 Å². The van der Waals surface area contributed by atoms with Gasteiger partial charge in [-0.15, -0.1) is 0 Å². The quantitative estimate of drug-likeness (QED) is 0.568. The number of ether oxygens (including phenoxy) is 1. The number of para-hydroxylation sites is 3. The van der Waals surface area contributed by atoms with Gasteiger partial charge in [0.25, 0.3) is 5.69 Å². The topological polar surface area (TPSA) is 102 Å². The van der Waals surface area contributed by atoms with E-state index in [0.717, 1.165) is 0 Å². The molecule has 0 fully saturated rings. The number of methoxy groups -OCH3 is 1. The van der Waals surface area contributed by atoms with Gasteiger partial charge >= 0.3 is 0 Å². The van der Waals surface area contributed by atoms with E-state index in [1.165, 1.54) is 18.1 Å². The zero-order valence-corrected chi connectivity index (χ0v) is 15.2. The molecule has 27 heavy (non-hydrogen) atoms. The summed E-state index contributed by atoms with van der Waals surface area (Å²) in [7, 11) is 1.50. The predicted molar refractivity (Wildman–Crippen MR) is 101 cm³/mol. The maximum atomic E-state index is 12.5. The highest BCUT2D eigenvalue weighted by Gasteiger charge is 2.21. The molecule has 0 spiro atoms.